The largest absolute Gasteiger partial charge is 0.522 e. The number of nitrogens with one attached hydrogen (secondary N) is 3. The number of methoxy groups -OCH3 is 1. The van der Waals surface area contributed by atoms with Crippen molar-refractivity contribution in [3.63, 3.8) is 0 Å². The molecule has 9 nitrogen and oxygen atoms in total. The molecular formula is C20H32F3N3O6. The average Bonchev–Trinajstić information content (AvgIpc) is 3.09. The molecule has 0 saturated carbocycles. The first kappa shape index (κ1) is 27.8. The highest BCUT2D eigenvalue weighted by Gasteiger charge is 2.36. The SMILES string of the molecule is CCC(OC)C(=O)N[C@@H](CC(C)C)C(=O)N[C@@H](C[C@@H]1CCNC1=O)C(=O)COC(F)(F)F. The summed E-state index contributed by atoms with van der Waals surface area (Å²) in [4.78, 5) is 49.6. The Balaban J connectivity index is 2.97. The highest BCUT2D eigenvalue weighted by atomic mass is 19.4. The van der Waals surface area contributed by atoms with Gasteiger partial charge >= 0.3 is 6.36 Å². The zero-order valence-electron chi connectivity index (χ0n) is 18.7. The highest BCUT2D eigenvalue weighted by molar-refractivity contribution is 5.94. The van der Waals surface area contributed by atoms with E-state index in [2.05, 4.69) is 20.7 Å². The van der Waals surface area contributed by atoms with Crippen LogP contribution in [0.15, 0.2) is 0 Å². The van der Waals surface area contributed by atoms with Crippen LogP contribution in [0, 0.1) is 11.8 Å². The number of ketones is 1. The number of Topliss-reactive ketones (excluding diaryl/α,β-unsaturated/α-hetero) is 1. The molecule has 12 heteroatoms. The molecule has 4 atom stereocenters. The molecule has 3 amide bonds. The molecule has 0 radical (unpaired) electrons. The molecule has 1 rings (SSSR count). The molecule has 0 aromatic heterocycles. The lowest BCUT2D eigenvalue weighted by atomic mass is 9.95. The summed E-state index contributed by atoms with van der Waals surface area (Å²) in [6, 6.07) is -2.42. The molecule has 0 aromatic carbocycles. The number of ether oxygens (including phenoxy) is 2. The molecule has 0 aliphatic carbocycles. The van der Waals surface area contributed by atoms with Crippen LogP contribution in [0.25, 0.3) is 0 Å². The number of rotatable bonds is 13. The van der Waals surface area contributed by atoms with E-state index >= 15 is 0 Å². The van der Waals surface area contributed by atoms with Gasteiger partial charge in [0, 0.05) is 19.6 Å². The minimum absolute atomic E-state index is 0.0167. The van der Waals surface area contributed by atoms with Crippen LogP contribution >= 0.6 is 0 Å². The van der Waals surface area contributed by atoms with Crippen LogP contribution in [0.4, 0.5) is 13.2 Å². The van der Waals surface area contributed by atoms with Gasteiger partial charge in [-0.1, -0.05) is 20.8 Å². The molecule has 0 spiro atoms. The van der Waals surface area contributed by atoms with Gasteiger partial charge in [-0.3, -0.25) is 23.9 Å². The Bertz CT molecular complexity index is 667. The van der Waals surface area contributed by atoms with Crippen molar-refractivity contribution in [1.82, 2.24) is 16.0 Å². The third-order valence-electron chi connectivity index (χ3n) is 5.05. The van der Waals surface area contributed by atoms with E-state index in [0.717, 1.165) is 0 Å². The van der Waals surface area contributed by atoms with Gasteiger partial charge in [-0.15, -0.1) is 13.2 Å². The van der Waals surface area contributed by atoms with Crippen molar-refractivity contribution in [2.75, 3.05) is 20.3 Å². The van der Waals surface area contributed by atoms with E-state index in [4.69, 9.17) is 4.74 Å². The number of carbonyl (C=O) groups is 4. The minimum atomic E-state index is -5.02. The van der Waals surface area contributed by atoms with Gasteiger partial charge in [-0.2, -0.15) is 0 Å². The van der Waals surface area contributed by atoms with Crippen molar-refractivity contribution in [3.8, 4) is 0 Å². The third kappa shape index (κ3) is 9.51. The molecule has 184 valence electrons. The van der Waals surface area contributed by atoms with E-state index in [9.17, 15) is 32.3 Å². The van der Waals surface area contributed by atoms with Crippen LogP contribution in [0.2, 0.25) is 0 Å². The summed E-state index contributed by atoms with van der Waals surface area (Å²) >= 11 is 0. The van der Waals surface area contributed by atoms with Crippen LogP contribution in [0.3, 0.4) is 0 Å². The lowest BCUT2D eigenvalue weighted by molar-refractivity contribution is -0.321. The molecular weight excluding hydrogens is 435 g/mol. The topological polar surface area (TPSA) is 123 Å². The van der Waals surface area contributed by atoms with E-state index in [1.165, 1.54) is 7.11 Å². The number of halogens is 3. The van der Waals surface area contributed by atoms with Crippen LogP contribution in [0.1, 0.15) is 46.5 Å². The van der Waals surface area contributed by atoms with Crippen LogP contribution in [0.5, 0.6) is 0 Å². The maximum atomic E-state index is 12.9. The normalized spacial score (nSPS) is 19.2. The molecule has 1 unspecified atom stereocenters. The molecule has 1 fully saturated rings. The fourth-order valence-electron chi connectivity index (χ4n) is 3.38. The van der Waals surface area contributed by atoms with Gasteiger partial charge in [0.2, 0.25) is 17.7 Å². The van der Waals surface area contributed by atoms with Gasteiger partial charge in [0.05, 0.1) is 6.04 Å². The number of hydrogen-bond donors (Lipinski definition) is 3. The zero-order chi connectivity index (χ0) is 24.5. The first-order valence-corrected chi connectivity index (χ1v) is 10.5. The molecule has 1 heterocycles. The summed E-state index contributed by atoms with van der Waals surface area (Å²) in [5, 5.41) is 7.57. The Morgan fingerprint density at radius 1 is 1.16 bits per heavy atom. The smallest absolute Gasteiger partial charge is 0.372 e. The molecule has 3 N–H and O–H groups in total. The first-order chi connectivity index (χ1) is 14.9. The first-order valence-electron chi connectivity index (χ1n) is 10.5. The number of hydrogen-bond acceptors (Lipinski definition) is 6. The molecule has 32 heavy (non-hydrogen) atoms. The van der Waals surface area contributed by atoms with Crippen molar-refractivity contribution in [2.24, 2.45) is 11.8 Å². The fourth-order valence-corrected chi connectivity index (χ4v) is 3.38. The van der Waals surface area contributed by atoms with Gasteiger partial charge in [0.15, 0.2) is 5.78 Å². The van der Waals surface area contributed by atoms with Gasteiger partial charge in [-0.05, 0) is 31.6 Å². The van der Waals surface area contributed by atoms with Gasteiger partial charge < -0.3 is 20.7 Å². The van der Waals surface area contributed by atoms with E-state index in [1.54, 1.807) is 6.92 Å². The predicted octanol–water partition coefficient (Wildman–Crippen LogP) is 1.06. The Morgan fingerprint density at radius 2 is 1.78 bits per heavy atom. The second kappa shape index (κ2) is 12.7. The average molecular weight is 467 g/mol. The molecule has 1 aliphatic heterocycles. The number of carbonyl (C=O) groups excluding carboxylic acids is 4. The predicted molar refractivity (Wildman–Crippen MR) is 107 cm³/mol. The Labute approximate surface area is 185 Å². The molecule has 1 aliphatic rings. The maximum Gasteiger partial charge on any atom is 0.522 e. The maximum absolute atomic E-state index is 12.9. The van der Waals surface area contributed by atoms with Gasteiger partial charge in [0.1, 0.15) is 18.8 Å². The Kier molecular flexibility index (Phi) is 11.1. The summed E-state index contributed by atoms with van der Waals surface area (Å²) in [5.74, 6) is -3.26. The highest BCUT2D eigenvalue weighted by Crippen LogP contribution is 2.20. The van der Waals surface area contributed by atoms with E-state index < -0.39 is 54.7 Å². The third-order valence-corrected chi connectivity index (χ3v) is 5.05. The number of alkyl halides is 3. The monoisotopic (exact) mass is 467 g/mol. The molecule has 0 bridgehead atoms. The quantitative estimate of drug-likeness (QED) is 0.372. The Morgan fingerprint density at radius 3 is 2.25 bits per heavy atom. The summed E-state index contributed by atoms with van der Waals surface area (Å²) < 4.78 is 45.8. The van der Waals surface area contributed by atoms with Crippen molar-refractivity contribution in [1.29, 1.82) is 0 Å². The van der Waals surface area contributed by atoms with E-state index in [0.29, 0.717) is 19.4 Å². The lowest BCUT2D eigenvalue weighted by Crippen LogP contribution is -2.54. The minimum Gasteiger partial charge on any atom is -0.372 e. The molecule has 1 saturated heterocycles. The molecule has 0 aromatic rings. The summed E-state index contributed by atoms with van der Waals surface area (Å²) in [6.45, 7) is 4.45. The van der Waals surface area contributed by atoms with Crippen LogP contribution in [-0.2, 0) is 28.7 Å². The van der Waals surface area contributed by atoms with Crippen molar-refractivity contribution >= 4 is 23.5 Å². The van der Waals surface area contributed by atoms with Crippen molar-refractivity contribution < 1.29 is 41.8 Å². The fraction of sp³-hybridized carbons (Fsp3) is 0.800. The second-order valence-corrected chi connectivity index (χ2v) is 8.10. The second-order valence-electron chi connectivity index (χ2n) is 8.10. The van der Waals surface area contributed by atoms with Crippen LogP contribution < -0.4 is 16.0 Å². The summed E-state index contributed by atoms with van der Waals surface area (Å²) in [6.07, 6.45) is -4.99. The van der Waals surface area contributed by atoms with Crippen LogP contribution in [-0.4, -0.2) is 68.3 Å². The summed E-state index contributed by atoms with van der Waals surface area (Å²) in [7, 11) is 1.35. The van der Waals surface area contributed by atoms with E-state index in [-0.39, 0.29) is 24.7 Å². The van der Waals surface area contributed by atoms with E-state index in [1.807, 2.05) is 13.8 Å². The number of amides is 3. The lowest BCUT2D eigenvalue weighted by Gasteiger charge is -2.26. The summed E-state index contributed by atoms with van der Waals surface area (Å²) in [5.41, 5.74) is 0. The van der Waals surface area contributed by atoms with Gasteiger partial charge in [-0.25, -0.2) is 0 Å². The Hall–Kier alpha value is -2.21. The van der Waals surface area contributed by atoms with Crippen molar-refractivity contribution in [2.45, 2.75) is 71.0 Å². The van der Waals surface area contributed by atoms with Crippen molar-refractivity contribution in [3.05, 3.63) is 0 Å². The standard InChI is InChI=1S/C20H32F3N3O6/c1-5-16(31-4)19(30)26-14(8-11(2)3)18(29)25-13(9-12-6-7-24-17(12)28)15(27)10-32-20(21,22)23/h11-14,16H,5-10H2,1-4H3,(H,24,28)(H,25,29)(H,26,30)/t12-,13-,14-,16?/m0/s1. The zero-order valence-corrected chi connectivity index (χ0v) is 18.7. The van der Waals surface area contributed by atoms with Gasteiger partial charge in [0.25, 0.3) is 0 Å².